The largest absolute Gasteiger partial charge is 0.355 e. The van der Waals surface area contributed by atoms with Crippen LogP contribution in [0.2, 0.25) is 10.0 Å². The molecule has 106 valence electrons. The Kier molecular flexibility index (Phi) is 6.23. The van der Waals surface area contributed by atoms with Gasteiger partial charge in [0.15, 0.2) is 0 Å². The fourth-order valence-electron chi connectivity index (χ4n) is 1.59. The Balaban J connectivity index is 1.75. The zero-order chi connectivity index (χ0) is 14.4. The highest BCUT2D eigenvalue weighted by Gasteiger charge is 2.09. The van der Waals surface area contributed by atoms with E-state index in [9.17, 15) is 4.79 Å². The number of thioether (sulfide) groups is 1. The van der Waals surface area contributed by atoms with Gasteiger partial charge in [0.05, 0.1) is 15.8 Å². The molecule has 6 heteroatoms. The van der Waals surface area contributed by atoms with Crippen LogP contribution in [-0.2, 0) is 11.2 Å². The monoisotopic (exact) mass is 345 g/mol. The highest BCUT2D eigenvalue weighted by Crippen LogP contribution is 2.33. The Labute approximate surface area is 136 Å². The molecule has 0 saturated carbocycles. The van der Waals surface area contributed by atoms with E-state index in [0.29, 0.717) is 22.3 Å². The van der Waals surface area contributed by atoms with Crippen molar-refractivity contribution in [3.8, 4) is 0 Å². The second-order valence-electron chi connectivity index (χ2n) is 4.02. The zero-order valence-electron chi connectivity index (χ0n) is 10.6. The smallest absolute Gasteiger partial charge is 0.230 e. The molecule has 0 bridgehead atoms. The summed E-state index contributed by atoms with van der Waals surface area (Å²) in [5, 5.41) is 6.08. The Bertz CT molecular complexity index is 552. The van der Waals surface area contributed by atoms with Crippen molar-refractivity contribution < 1.29 is 4.79 Å². The predicted octanol–water partition coefficient (Wildman–Crippen LogP) is 4.51. The van der Waals surface area contributed by atoms with Crippen molar-refractivity contribution in [3.05, 3.63) is 50.6 Å². The molecule has 2 rings (SSSR count). The van der Waals surface area contributed by atoms with Crippen molar-refractivity contribution >= 4 is 52.2 Å². The minimum absolute atomic E-state index is 0.0115. The Morgan fingerprint density at radius 1 is 1.20 bits per heavy atom. The lowest BCUT2D eigenvalue weighted by molar-refractivity contribution is -0.118. The summed E-state index contributed by atoms with van der Waals surface area (Å²) in [6, 6.07) is 9.40. The van der Waals surface area contributed by atoms with Crippen LogP contribution in [0.15, 0.2) is 40.6 Å². The number of amides is 1. The lowest BCUT2D eigenvalue weighted by Crippen LogP contribution is -2.27. The molecule has 0 saturated heterocycles. The first kappa shape index (κ1) is 15.7. The van der Waals surface area contributed by atoms with Gasteiger partial charge in [-0.1, -0.05) is 35.3 Å². The molecule has 1 aromatic heterocycles. The van der Waals surface area contributed by atoms with Crippen LogP contribution in [0.25, 0.3) is 0 Å². The number of carbonyl (C=O) groups excluding carboxylic acids is 1. The van der Waals surface area contributed by atoms with Crippen molar-refractivity contribution in [3.63, 3.8) is 0 Å². The summed E-state index contributed by atoms with van der Waals surface area (Å²) in [6.45, 7) is 0.649. The van der Waals surface area contributed by atoms with Crippen molar-refractivity contribution in [2.45, 2.75) is 11.3 Å². The summed E-state index contributed by atoms with van der Waals surface area (Å²) in [5.74, 6) is 0.302. The fraction of sp³-hybridized carbons (Fsp3) is 0.214. The predicted molar refractivity (Wildman–Crippen MR) is 88.2 cm³/mol. The Morgan fingerprint density at radius 2 is 1.95 bits per heavy atom. The van der Waals surface area contributed by atoms with Gasteiger partial charge in [0.2, 0.25) is 5.91 Å². The molecule has 2 aromatic rings. The highest BCUT2D eigenvalue weighted by molar-refractivity contribution is 8.00. The topological polar surface area (TPSA) is 29.1 Å². The van der Waals surface area contributed by atoms with Gasteiger partial charge < -0.3 is 5.32 Å². The number of rotatable bonds is 6. The van der Waals surface area contributed by atoms with Gasteiger partial charge in [-0.25, -0.2) is 0 Å². The molecule has 1 N–H and O–H groups in total. The number of thiophene rings is 1. The zero-order valence-corrected chi connectivity index (χ0v) is 13.7. The molecule has 1 heterocycles. The maximum absolute atomic E-state index is 11.8. The Morgan fingerprint density at radius 3 is 2.60 bits per heavy atom. The van der Waals surface area contributed by atoms with Crippen LogP contribution in [0.4, 0.5) is 0 Å². The van der Waals surface area contributed by atoms with E-state index in [1.807, 2.05) is 11.4 Å². The molecule has 0 spiro atoms. The van der Waals surface area contributed by atoms with E-state index in [0.717, 1.165) is 11.3 Å². The van der Waals surface area contributed by atoms with Crippen molar-refractivity contribution in [1.82, 2.24) is 5.32 Å². The lowest BCUT2D eigenvalue weighted by Gasteiger charge is -2.07. The minimum Gasteiger partial charge on any atom is -0.355 e. The molecule has 1 aromatic carbocycles. The van der Waals surface area contributed by atoms with Crippen molar-refractivity contribution in [1.29, 1.82) is 0 Å². The number of carbonyl (C=O) groups is 1. The highest BCUT2D eigenvalue weighted by atomic mass is 35.5. The summed E-state index contributed by atoms with van der Waals surface area (Å²) in [4.78, 5) is 13.8. The van der Waals surface area contributed by atoms with E-state index < -0.39 is 0 Å². The number of halogens is 2. The van der Waals surface area contributed by atoms with Crippen molar-refractivity contribution in [2.75, 3.05) is 12.3 Å². The van der Waals surface area contributed by atoms with Gasteiger partial charge >= 0.3 is 0 Å². The first-order chi connectivity index (χ1) is 9.66. The molecule has 2 nitrogen and oxygen atoms in total. The molecule has 0 atom stereocenters. The molecular weight excluding hydrogens is 333 g/mol. The van der Waals surface area contributed by atoms with Gasteiger partial charge in [0, 0.05) is 16.3 Å². The van der Waals surface area contributed by atoms with Crippen LogP contribution >= 0.6 is 46.3 Å². The first-order valence-corrected chi connectivity index (χ1v) is 8.65. The standard InChI is InChI=1S/C14H13Cl2NOS2/c15-11-4-1-5-12(16)14(11)20-9-13(18)17-7-6-10-3-2-8-19-10/h1-5,8H,6-7,9H2,(H,17,18). The van der Waals surface area contributed by atoms with E-state index in [4.69, 9.17) is 23.2 Å². The minimum atomic E-state index is -0.0115. The molecule has 0 fully saturated rings. The van der Waals surface area contributed by atoms with Crippen LogP contribution in [0, 0.1) is 0 Å². The van der Waals surface area contributed by atoms with Crippen LogP contribution in [0.5, 0.6) is 0 Å². The van der Waals surface area contributed by atoms with E-state index in [2.05, 4.69) is 11.4 Å². The molecule has 0 aliphatic heterocycles. The van der Waals surface area contributed by atoms with Gasteiger partial charge in [0.25, 0.3) is 0 Å². The molecule has 0 aliphatic carbocycles. The average molecular weight is 346 g/mol. The molecule has 0 radical (unpaired) electrons. The molecule has 0 aliphatic rings. The van der Waals surface area contributed by atoms with E-state index in [-0.39, 0.29) is 5.91 Å². The molecule has 0 unspecified atom stereocenters. The summed E-state index contributed by atoms with van der Waals surface area (Å²) < 4.78 is 0. The average Bonchev–Trinajstić information content (AvgIpc) is 2.91. The third-order valence-electron chi connectivity index (χ3n) is 2.54. The lowest BCUT2D eigenvalue weighted by atomic mass is 10.3. The van der Waals surface area contributed by atoms with Gasteiger partial charge in [-0.3, -0.25) is 4.79 Å². The third-order valence-corrected chi connectivity index (χ3v) is 5.47. The van der Waals surface area contributed by atoms with Gasteiger partial charge in [-0.2, -0.15) is 0 Å². The number of benzene rings is 1. The van der Waals surface area contributed by atoms with E-state index >= 15 is 0 Å². The number of hydrogen-bond acceptors (Lipinski definition) is 3. The molecular formula is C14H13Cl2NOS2. The van der Waals surface area contributed by atoms with Crippen molar-refractivity contribution in [2.24, 2.45) is 0 Å². The normalized spacial score (nSPS) is 10.5. The molecule has 20 heavy (non-hydrogen) atoms. The number of nitrogens with one attached hydrogen (secondary N) is 1. The number of hydrogen-bond donors (Lipinski definition) is 1. The quantitative estimate of drug-likeness (QED) is 0.780. The summed E-state index contributed by atoms with van der Waals surface area (Å²) in [6.07, 6.45) is 0.862. The maximum atomic E-state index is 11.8. The van der Waals surface area contributed by atoms with Crippen LogP contribution in [0.3, 0.4) is 0 Å². The van der Waals surface area contributed by atoms with E-state index in [1.165, 1.54) is 16.6 Å². The molecule has 1 amide bonds. The first-order valence-electron chi connectivity index (χ1n) is 6.02. The second-order valence-corrected chi connectivity index (χ2v) is 6.85. The van der Waals surface area contributed by atoms with Crippen LogP contribution in [0.1, 0.15) is 4.88 Å². The third kappa shape index (κ3) is 4.70. The fourth-order valence-corrected chi connectivity index (χ4v) is 3.81. The summed E-state index contributed by atoms with van der Waals surface area (Å²) in [5.41, 5.74) is 0. The van der Waals surface area contributed by atoms with Crippen LogP contribution in [-0.4, -0.2) is 18.2 Å². The van der Waals surface area contributed by atoms with Gasteiger partial charge in [-0.05, 0) is 30.0 Å². The van der Waals surface area contributed by atoms with Gasteiger partial charge in [-0.15, -0.1) is 23.1 Å². The Hall–Kier alpha value is -0.680. The van der Waals surface area contributed by atoms with Crippen LogP contribution < -0.4 is 5.32 Å². The van der Waals surface area contributed by atoms with Gasteiger partial charge in [0.1, 0.15) is 0 Å². The second kappa shape index (κ2) is 7.93. The maximum Gasteiger partial charge on any atom is 0.230 e. The summed E-state index contributed by atoms with van der Waals surface area (Å²) in [7, 11) is 0. The summed E-state index contributed by atoms with van der Waals surface area (Å²) >= 11 is 15.2. The van der Waals surface area contributed by atoms with E-state index in [1.54, 1.807) is 29.5 Å². The SMILES string of the molecule is O=C(CSc1c(Cl)cccc1Cl)NCCc1cccs1.